The van der Waals surface area contributed by atoms with Crippen LogP contribution in [-0.4, -0.2) is 33.1 Å². The molecule has 0 spiro atoms. The summed E-state index contributed by atoms with van der Waals surface area (Å²) in [6.07, 6.45) is 5.83. The molecule has 0 saturated carbocycles. The van der Waals surface area contributed by atoms with Gasteiger partial charge in [0.15, 0.2) is 0 Å². The number of carbonyl (C=O) groups excluding carboxylic acids is 1. The van der Waals surface area contributed by atoms with E-state index in [0.29, 0.717) is 27.7 Å². The molecule has 9 heteroatoms. The van der Waals surface area contributed by atoms with Crippen molar-refractivity contribution >= 4 is 44.7 Å². The van der Waals surface area contributed by atoms with E-state index in [2.05, 4.69) is 10.3 Å². The number of amides is 1. The van der Waals surface area contributed by atoms with Crippen molar-refractivity contribution < 1.29 is 28.6 Å². The van der Waals surface area contributed by atoms with Crippen LogP contribution in [0.4, 0.5) is 0 Å². The first kappa shape index (κ1) is 24.8. The third-order valence-electron chi connectivity index (χ3n) is 7.77. The van der Waals surface area contributed by atoms with Crippen molar-refractivity contribution in [3.05, 3.63) is 75.0 Å². The summed E-state index contributed by atoms with van der Waals surface area (Å²) >= 11 is 0. The predicted octanol–water partition coefficient (Wildman–Crippen LogP) is 4.66. The zero-order valence-corrected chi connectivity index (χ0v) is 21.4. The molecule has 9 nitrogen and oxygen atoms in total. The molecule has 3 heterocycles. The van der Waals surface area contributed by atoms with E-state index in [1.165, 1.54) is 11.6 Å². The summed E-state index contributed by atoms with van der Waals surface area (Å²) in [5.41, 5.74) is 4.42. The van der Waals surface area contributed by atoms with Crippen LogP contribution in [0.2, 0.25) is 0 Å². The number of phenolic OH excluding ortho intramolecular Hbond substituents is 1. The van der Waals surface area contributed by atoms with Crippen LogP contribution >= 0.6 is 0 Å². The molecule has 1 atom stereocenters. The quantitative estimate of drug-likeness (QED) is 0.225. The lowest BCUT2D eigenvalue weighted by molar-refractivity contribution is -0.141. The molecule has 1 amide bonds. The van der Waals surface area contributed by atoms with Crippen LogP contribution in [0.3, 0.4) is 0 Å². The van der Waals surface area contributed by atoms with Crippen molar-refractivity contribution in [3.63, 3.8) is 0 Å². The SMILES string of the molecule is Cc1c(CCC(=O)N[C@H](Cc2c[nH]c3ccc(O)cc23)C(=O)O)c(=O)oc2cc3oc4c(c3cc12)CCCC4. The average molecular weight is 529 g/mol. The van der Waals surface area contributed by atoms with Crippen LogP contribution in [0.15, 0.2) is 50.2 Å². The van der Waals surface area contributed by atoms with E-state index in [1.807, 2.05) is 13.0 Å². The van der Waals surface area contributed by atoms with Crippen molar-refractivity contribution in [1.82, 2.24) is 10.3 Å². The minimum atomic E-state index is -1.17. The van der Waals surface area contributed by atoms with Gasteiger partial charge in [0.05, 0.1) is 0 Å². The highest BCUT2D eigenvalue weighted by atomic mass is 16.4. The molecular weight excluding hydrogens is 500 g/mol. The van der Waals surface area contributed by atoms with Crippen LogP contribution in [0.1, 0.15) is 47.3 Å². The molecule has 6 rings (SSSR count). The van der Waals surface area contributed by atoms with Gasteiger partial charge < -0.3 is 29.3 Å². The normalized spacial score (nSPS) is 14.1. The molecule has 0 aliphatic heterocycles. The predicted molar refractivity (Wildman–Crippen MR) is 145 cm³/mol. The number of hydrogen-bond donors (Lipinski definition) is 4. The largest absolute Gasteiger partial charge is 0.508 e. The highest BCUT2D eigenvalue weighted by Gasteiger charge is 2.24. The summed E-state index contributed by atoms with van der Waals surface area (Å²) in [6.45, 7) is 1.84. The Hall–Kier alpha value is -4.53. The Morgan fingerprint density at radius 3 is 2.67 bits per heavy atom. The molecular formula is C30H28N2O7. The van der Waals surface area contributed by atoms with E-state index < -0.39 is 23.5 Å². The molecule has 39 heavy (non-hydrogen) atoms. The summed E-state index contributed by atoms with van der Waals surface area (Å²) in [5, 5.41) is 24.7. The number of hydrogen-bond acceptors (Lipinski definition) is 6. The number of H-pyrrole nitrogens is 1. The number of fused-ring (bicyclic) bond motifs is 5. The van der Waals surface area contributed by atoms with Gasteiger partial charge in [-0.1, -0.05) is 0 Å². The average Bonchev–Trinajstić information content (AvgIpc) is 3.47. The first-order chi connectivity index (χ1) is 18.8. The van der Waals surface area contributed by atoms with E-state index in [0.717, 1.165) is 53.3 Å². The zero-order valence-electron chi connectivity index (χ0n) is 21.4. The number of nitrogens with one attached hydrogen (secondary N) is 2. The molecule has 3 aromatic heterocycles. The van der Waals surface area contributed by atoms with E-state index in [4.69, 9.17) is 8.83 Å². The highest BCUT2D eigenvalue weighted by molar-refractivity contribution is 5.97. The first-order valence-electron chi connectivity index (χ1n) is 13.1. The number of furan rings is 1. The molecule has 2 aromatic carbocycles. The minimum Gasteiger partial charge on any atom is -0.508 e. The van der Waals surface area contributed by atoms with Gasteiger partial charge in [-0.2, -0.15) is 0 Å². The fraction of sp³-hybridized carbons (Fsp3) is 0.300. The van der Waals surface area contributed by atoms with Crippen molar-refractivity contribution in [3.8, 4) is 5.75 Å². The van der Waals surface area contributed by atoms with Gasteiger partial charge in [-0.3, -0.25) is 4.79 Å². The summed E-state index contributed by atoms with van der Waals surface area (Å²) < 4.78 is 11.7. The molecule has 0 saturated heterocycles. The van der Waals surface area contributed by atoms with Gasteiger partial charge in [0.25, 0.3) is 0 Å². The van der Waals surface area contributed by atoms with Gasteiger partial charge in [-0.15, -0.1) is 0 Å². The van der Waals surface area contributed by atoms with Crippen LogP contribution in [-0.2, 0) is 35.3 Å². The number of carboxylic acids is 1. The summed E-state index contributed by atoms with van der Waals surface area (Å²) in [7, 11) is 0. The Labute approximate surface area is 222 Å². The monoisotopic (exact) mass is 528 g/mol. The van der Waals surface area contributed by atoms with Gasteiger partial charge in [0, 0.05) is 64.3 Å². The van der Waals surface area contributed by atoms with Crippen molar-refractivity contribution in [2.45, 2.75) is 57.9 Å². The Balaban J connectivity index is 1.21. The highest BCUT2D eigenvalue weighted by Crippen LogP contribution is 2.35. The lowest BCUT2D eigenvalue weighted by atomic mass is 9.94. The Morgan fingerprint density at radius 2 is 1.85 bits per heavy atom. The topological polar surface area (TPSA) is 146 Å². The number of aromatic nitrogens is 1. The number of benzene rings is 2. The second kappa shape index (κ2) is 9.65. The molecule has 5 aromatic rings. The molecule has 200 valence electrons. The maximum absolute atomic E-state index is 12.8. The maximum Gasteiger partial charge on any atom is 0.339 e. The number of aromatic hydroxyl groups is 1. The number of aliphatic carboxylic acids is 1. The van der Waals surface area contributed by atoms with Crippen molar-refractivity contribution in [2.24, 2.45) is 0 Å². The van der Waals surface area contributed by atoms with Crippen LogP contribution < -0.4 is 10.9 Å². The Kier molecular flexibility index (Phi) is 6.13. The Bertz CT molecular complexity index is 1820. The van der Waals surface area contributed by atoms with Gasteiger partial charge in [-0.05, 0) is 68.0 Å². The van der Waals surface area contributed by atoms with Gasteiger partial charge in [0.2, 0.25) is 5.91 Å². The molecule has 1 aliphatic rings. The van der Waals surface area contributed by atoms with Crippen molar-refractivity contribution in [2.75, 3.05) is 0 Å². The minimum absolute atomic E-state index is 0.0344. The number of rotatable bonds is 7. The number of aryl methyl sites for hydroxylation is 3. The number of phenols is 1. The zero-order chi connectivity index (χ0) is 27.3. The standard InChI is InChI=1S/C30H28N2O7/c1-15-18(30(37)39-26-13-27-22(12-20(15)26)19-4-2-3-5-25(19)38-27)7-9-28(34)32-24(29(35)36)10-16-14-31-23-8-6-17(33)11-21(16)23/h6,8,11-14,24,31,33H,2-5,7,9-10H2,1H3,(H,32,34)(H,35,36)/t24-/m1/s1. The lowest BCUT2D eigenvalue weighted by Gasteiger charge is -2.15. The molecule has 0 unspecified atom stereocenters. The molecule has 0 bridgehead atoms. The lowest BCUT2D eigenvalue weighted by Crippen LogP contribution is -2.42. The van der Waals surface area contributed by atoms with Gasteiger partial charge in [-0.25, -0.2) is 9.59 Å². The van der Waals surface area contributed by atoms with Gasteiger partial charge in [0.1, 0.15) is 28.7 Å². The van der Waals surface area contributed by atoms with E-state index in [9.17, 15) is 24.6 Å². The van der Waals surface area contributed by atoms with Crippen LogP contribution in [0.5, 0.6) is 5.75 Å². The van der Waals surface area contributed by atoms with Crippen LogP contribution in [0.25, 0.3) is 32.8 Å². The first-order valence-corrected chi connectivity index (χ1v) is 13.1. The molecule has 0 radical (unpaired) electrons. The molecule has 4 N–H and O–H groups in total. The fourth-order valence-corrected chi connectivity index (χ4v) is 5.69. The number of carboxylic acid groups (broad SMARTS) is 1. The smallest absolute Gasteiger partial charge is 0.339 e. The summed E-state index contributed by atoms with van der Waals surface area (Å²) in [6, 6.07) is 7.41. The molecule has 0 fully saturated rings. The summed E-state index contributed by atoms with van der Waals surface area (Å²) in [4.78, 5) is 40.6. The Morgan fingerprint density at radius 1 is 1.05 bits per heavy atom. The fourth-order valence-electron chi connectivity index (χ4n) is 5.69. The van der Waals surface area contributed by atoms with Crippen molar-refractivity contribution in [1.29, 1.82) is 0 Å². The third kappa shape index (κ3) is 4.54. The molecule has 1 aliphatic carbocycles. The van der Waals surface area contributed by atoms with Crippen LogP contribution in [0, 0.1) is 6.92 Å². The van der Waals surface area contributed by atoms with Gasteiger partial charge >= 0.3 is 11.6 Å². The second-order valence-electron chi connectivity index (χ2n) is 10.3. The number of aromatic amines is 1. The number of carbonyl (C=O) groups is 2. The maximum atomic E-state index is 12.8. The summed E-state index contributed by atoms with van der Waals surface area (Å²) in [5.74, 6) is -0.590. The second-order valence-corrected chi connectivity index (χ2v) is 10.3. The van der Waals surface area contributed by atoms with E-state index in [-0.39, 0.29) is 25.0 Å². The van der Waals surface area contributed by atoms with E-state index in [1.54, 1.807) is 24.4 Å². The third-order valence-corrected chi connectivity index (χ3v) is 7.77. The van der Waals surface area contributed by atoms with E-state index >= 15 is 0 Å².